The van der Waals surface area contributed by atoms with Gasteiger partial charge >= 0.3 is 6.03 Å². The minimum Gasteiger partial charge on any atom is -0.317 e. The number of allylic oxidation sites excluding steroid dienone is 1. The summed E-state index contributed by atoms with van der Waals surface area (Å²) in [5, 5.41) is 0. The topological polar surface area (TPSA) is 26.8 Å². The van der Waals surface area contributed by atoms with E-state index in [0.29, 0.717) is 6.54 Å². The summed E-state index contributed by atoms with van der Waals surface area (Å²) in [6, 6.07) is 6.42. The highest BCUT2D eigenvalue weighted by Gasteiger charge is 2.28. The predicted octanol–water partition coefficient (Wildman–Crippen LogP) is 3.82. The van der Waals surface area contributed by atoms with Crippen molar-refractivity contribution in [3.8, 4) is 0 Å². The molecule has 0 unspecified atom stereocenters. The second-order valence-electron chi connectivity index (χ2n) is 6.14. The van der Waals surface area contributed by atoms with Gasteiger partial charge < -0.3 is 9.80 Å². The van der Waals surface area contributed by atoms with E-state index in [1.165, 1.54) is 23.2 Å². The number of carbonyl (C=O) groups is 1. The molecule has 24 heavy (non-hydrogen) atoms. The van der Waals surface area contributed by atoms with Crippen LogP contribution in [0.4, 0.5) is 9.18 Å². The van der Waals surface area contributed by atoms with Crippen LogP contribution < -0.4 is 0 Å². The molecular formula is C19H26FN3O. The zero-order chi connectivity index (χ0) is 17.5. The maximum atomic E-state index is 13.1. The van der Waals surface area contributed by atoms with Crippen molar-refractivity contribution >= 4 is 6.03 Å². The molecule has 1 aliphatic rings. The molecule has 0 saturated carbocycles. The third-order valence-corrected chi connectivity index (χ3v) is 4.37. The lowest BCUT2D eigenvalue weighted by molar-refractivity contribution is 0.116. The highest BCUT2D eigenvalue weighted by Crippen LogP contribution is 2.20. The summed E-state index contributed by atoms with van der Waals surface area (Å²) >= 11 is 0. The van der Waals surface area contributed by atoms with Crippen LogP contribution in [0.15, 0.2) is 49.3 Å². The van der Waals surface area contributed by atoms with Crippen LogP contribution in [0.1, 0.15) is 25.3 Å². The van der Waals surface area contributed by atoms with Crippen molar-refractivity contribution in [1.82, 2.24) is 14.7 Å². The molecule has 5 heteroatoms. The SMILES string of the molecule is C=CN(/C=C\C)C(=O)N(Cc1ccc(F)cc1)C1CCN(C)CC1. The number of amides is 2. The van der Waals surface area contributed by atoms with Gasteiger partial charge in [-0.1, -0.05) is 24.8 Å². The third-order valence-electron chi connectivity index (χ3n) is 4.37. The number of rotatable bonds is 5. The monoisotopic (exact) mass is 331 g/mol. The molecule has 130 valence electrons. The number of hydrogen-bond donors (Lipinski definition) is 0. The van der Waals surface area contributed by atoms with Crippen molar-refractivity contribution in [2.24, 2.45) is 0 Å². The van der Waals surface area contributed by atoms with Crippen molar-refractivity contribution in [2.45, 2.75) is 32.4 Å². The Balaban J connectivity index is 2.21. The van der Waals surface area contributed by atoms with E-state index in [1.807, 2.05) is 17.9 Å². The quantitative estimate of drug-likeness (QED) is 0.820. The van der Waals surface area contributed by atoms with E-state index in [0.717, 1.165) is 31.5 Å². The first kappa shape index (κ1) is 18.2. The minimum atomic E-state index is -0.266. The van der Waals surface area contributed by atoms with Gasteiger partial charge in [-0.25, -0.2) is 9.18 Å². The molecule has 0 atom stereocenters. The van der Waals surface area contributed by atoms with E-state index in [-0.39, 0.29) is 17.9 Å². The third kappa shape index (κ3) is 4.68. The fourth-order valence-electron chi connectivity index (χ4n) is 2.96. The number of urea groups is 1. The fourth-order valence-corrected chi connectivity index (χ4v) is 2.96. The van der Waals surface area contributed by atoms with E-state index in [2.05, 4.69) is 18.5 Å². The largest absolute Gasteiger partial charge is 0.328 e. The highest BCUT2D eigenvalue weighted by molar-refractivity contribution is 5.77. The second-order valence-corrected chi connectivity index (χ2v) is 6.14. The highest BCUT2D eigenvalue weighted by atomic mass is 19.1. The predicted molar refractivity (Wildman–Crippen MR) is 94.7 cm³/mol. The Kier molecular flexibility index (Phi) is 6.55. The van der Waals surface area contributed by atoms with Gasteiger partial charge in [0.15, 0.2) is 0 Å². The van der Waals surface area contributed by atoms with E-state index in [9.17, 15) is 9.18 Å². The van der Waals surface area contributed by atoms with Gasteiger partial charge in [0.25, 0.3) is 0 Å². The Morgan fingerprint density at radius 3 is 2.50 bits per heavy atom. The van der Waals surface area contributed by atoms with Crippen molar-refractivity contribution in [3.63, 3.8) is 0 Å². The first-order chi connectivity index (χ1) is 11.5. The zero-order valence-corrected chi connectivity index (χ0v) is 14.5. The molecule has 1 aromatic carbocycles. The van der Waals surface area contributed by atoms with Crippen LogP contribution in [0.2, 0.25) is 0 Å². The zero-order valence-electron chi connectivity index (χ0n) is 14.5. The van der Waals surface area contributed by atoms with Crippen LogP contribution in [-0.2, 0) is 6.54 Å². The van der Waals surface area contributed by atoms with Gasteiger partial charge in [0, 0.05) is 25.0 Å². The van der Waals surface area contributed by atoms with Crippen LogP contribution in [0.25, 0.3) is 0 Å². The standard InChI is InChI=1S/C19H26FN3O/c1-4-12-22(5-2)19(24)23(18-10-13-21(3)14-11-18)15-16-6-8-17(20)9-7-16/h4-9,12,18H,2,10-11,13-15H2,1,3H3/b12-4-. The molecule has 1 saturated heterocycles. The summed E-state index contributed by atoms with van der Waals surface area (Å²) < 4.78 is 13.1. The number of likely N-dealkylation sites (tertiary alicyclic amines) is 1. The first-order valence-electron chi connectivity index (χ1n) is 8.32. The maximum absolute atomic E-state index is 13.1. The molecule has 2 amide bonds. The minimum absolute atomic E-state index is 0.0954. The van der Waals surface area contributed by atoms with Gasteiger partial charge in [-0.3, -0.25) is 4.90 Å². The van der Waals surface area contributed by atoms with Crippen LogP contribution in [-0.4, -0.2) is 46.9 Å². The molecule has 0 aromatic heterocycles. The summed E-state index contributed by atoms with van der Waals surface area (Å²) in [6.07, 6.45) is 6.91. The molecule has 0 spiro atoms. The van der Waals surface area contributed by atoms with Crippen molar-refractivity contribution in [2.75, 3.05) is 20.1 Å². The normalized spacial score (nSPS) is 16.3. The Hall–Kier alpha value is -2.14. The van der Waals surface area contributed by atoms with E-state index in [4.69, 9.17) is 0 Å². The molecule has 4 nitrogen and oxygen atoms in total. The molecule has 2 rings (SSSR count). The molecule has 0 aliphatic carbocycles. The molecule has 1 fully saturated rings. The number of benzene rings is 1. The number of piperidine rings is 1. The van der Waals surface area contributed by atoms with Crippen LogP contribution in [0.3, 0.4) is 0 Å². The van der Waals surface area contributed by atoms with Gasteiger partial charge in [-0.2, -0.15) is 0 Å². The number of carbonyl (C=O) groups excluding carboxylic acids is 1. The van der Waals surface area contributed by atoms with Crippen LogP contribution >= 0.6 is 0 Å². The summed E-state index contributed by atoms with van der Waals surface area (Å²) in [4.78, 5) is 18.6. The smallest absolute Gasteiger partial charge is 0.317 e. The van der Waals surface area contributed by atoms with E-state index >= 15 is 0 Å². The molecule has 1 aliphatic heterocycles. The number of nitrogens with zero attached hydrogens (tertiary/aromatic N) is 3. The Morgan fingerprint density at radius 2 is 1.96 bits per heavy atom. The summed E-state index contributed by atoms with van der Waals surface area (Å²) in [5.41, 5.74) is 0.924. The van der Waals surface area contributed by atoms with E-state index in [1.54, 1.807) is 18.3 Å². The van der Waals surface area contributed by atoms with Crippen LogP contribution in [0, 0.1) is 5.82 Å². The first-order valence-corrected chi connectivity index (χ1v) is 8.32. The van der Waals surface area contributed by atoms with Gasteiger partial charge in [0.05, 0.1) is 0 Å². The summed E-state index contributed by atoms with van der Waals surface area (Å²) in [5.74, 6) is -0.266. The van der Waals surface area contributed by atoms with Crippen LogP contribution in [0.5, 0.6) is 0 Å². The Bertz CT molecular complexity index is 577. The van der Waals surface area contributed by atoms with Gasteiger partial charge in [-0.05, 0) is 57.6 Å². The fraction of sp³-hybridized carbons (Fsp3) is 0.421. The lowest BCUT2D eigenvalue weighted by Crippen LogP contribution is -2.48. The van der Waals surface area contributed by atoms with E-state index < -0.39 is 0 Å². The average Bonchev–Trinajstić information content (AvgIpc) is 2.59. The molecular weight excluding hydrogens is 305 g/mol. The Morgan fingerprint density at radius 1 is 1.33 bits per heavy atom. The van der Waals surface area contributed by atoms with Gasteiger partial charge in [0.1, 0.15) is 5.82 Å². The molecule has 0 radical (unpaired) electrons. The van der Waals surface area contributed by atoms with Crippen molar-refractivity contribution in [1.29, 1.82) is 0 Å². The van der Waals surface area contributed by atoms with Gasteiger partial charge in [0.2, 0.25) is 0 Å². The maximum Gasteiger partial charge on any atom is 0.328 e. The molecule has 0 bridgehead atoms. The molecule has 0 N–H and O–H groups in total. The lowest BCUT2D eigenvalue weighted by Gasteiger charge is -2.38. The van der Waals surface area contributed by atoms with Crippen molar-refractivity contribution in [3.05, 3.63) is 60.7 Å². The van der Waals surface area contributed by atoms with Crippen molar-refractivity contribution < 1.29 is 9.18 Å². The Labute approximate surface area is 143 Å². The summed E-state index contributed by atoms with van der Waals surface area (Å²) in [7, 11) is 2.10. The lowest BCUT2D eigenvalue weighted by atomic mass is 10.0. The number of halogens is 1. The summed E-state index contributed by atoms with van der Waals surface area (Å²) in [6.45, 7) is 8.00. The molecule has 1 aromatic rings. The van der Waals surface area contributed by atoms with Gasteiger partial charge in [-0.15, -0.1) is 0 Å². The molecule has 1 heterocycles. The average molecular weight is 331 g/mol. The number of hydrogen-bond acceptors (Lipinski definition) is 2. The second kappa shape index (κ2) is 8.64.